The van der Waals surface area contributed by atoms with Crippen LogP contribution in [0.3, 0.4) is 0 Å². The molecular formula is C15H18ClNO3. The van der Waals surface area contributed by atoms with Crippen molar-refractivity contribution in [3.63, 3.8) is 0 Å². The Labute approximate surface area is 123 Å². The maximum Gasteiger partial charge on any atom is 0.329 e. The lowest BCUT2D eigenvalue weighted by Gasteiger charge is -2.36. The summed E-state index contributed by atoms with van der Waals surface area (Å²) in [6, 6.07) is 6.65. The van der Waals surface area contributed by atoms with Gasteiger partial charge in [-0.05, 0) is 43.7 Å². The Morgan fingerprint density at radius 2 is 1.90 bits per heavy atom. The van der Waals surface area contributed by atoms with E-state index in [4.69, 9.17) is 11.6 Å². The third kappa shape index (κ3) is 2.96. The summed E-state index contributed by atoms with van der Waals surface area (Å²) in [5.74, 6) is -0.892. The van der Waals surface area contributed by atoms with Crippen LogP contribution in [0.1, 0.15) is 43.0 Å². The molecule has 0 aliphatic heterocycles. The fourth-order valence-electron chi connectivity index (χ4n) is 2.58. The predicted molar refractivity (Wildman–Crippen MR) is 76.9 cm³/mol. The van der Waals surface area contributed by atoms with Gasteiger partial charge in [-0.15, -0.1) is 0 Å². The van der Waals surface area contributed by atoms with Crippen LogP contribution in [0.4, 0.5) is 0 Å². The van der Waals surface area contributed by atoms with E-state index in [1.165, 1.54) is 0 Å². The van der Waals surface area contributed by atoms with Gasteiger partial charge < -0.3 is 10.4 Å². The SMILES string of the molecule is CC1CCC(NC(=O)c2ccccc2Cl)(C(=O)O)CC1. The molecule has 1 amide bonds. The van der Waals surface area contributed by atoms with E-state index in [1.807, 2.05) is 0 Å². The topological polar surface area (TPSA) is 66.4 Å². The first kappa shape index (κ1) is 14.9. The van der Waals surface area contributed by atoms with Crippen LogP contribution in [0, 0.1) is 5.92 Å². The van der Waals surface area contributed by atoms with Crippen molar-refractivity contribution in [1.29, 1.82) is 0 Å². The van der Waals surface area contributed by atoms with Crippen molar-refractivity contribution in [2.75, 3.05) is 0 Å². The number of aliphatic carboxylic acids is 1. The van der Waals surface area contributed by atoms with Gasteiger partial charge in [-0.2, -0.15) is 0 Å². The Morgan fingerprint density at radius 3 is 2.45 bits per heavy atom. The van der Waals surface area contributed by atoms with Gasteiger partial charge in [0.25, 0.3) is 5.91 Å². The summed E-state index contributed by atoms with van der Waals surface area (Å²) in [4.78, 5) is 23.9. The number of rotatable bonds is 3. The van der Waals surface area contributed by atoms with E-state index < -0.39 is 17.4 Å². The number of nitrogens with one attached hydrogen (secondary N) is 1. The van der Waals surface area contributed by atoms with Crippen LogP contribution < -0.4 is 5.32 Å². The quantitative estimate of drug-likeness (QED) is 0.900. The lowest BCUT2D eigenvalue weighted by molar-refractivity contribution is -0.146. The standard InChI is InChI=1S/C15H18ClNO3/c1-10-6-8-15(9-7-10,14(19)20)17-13(18)11-4-2-3-5-12(11)16/h2-5,10H,6-9H2,1H3,(H,17,18)(H,19,20). The van der Waals surface area contributed by atoms with Gasteiger partial charge >= 0.3 is 5.97 Å². The van der Waals surface area contributed by atoms with Crippen molar-refractivity contribution in [3.8, 4) is 0 Å². The highest BCUT2D eigenvalue weighted by atomic mass is 35.5. The average Bonchev–Trinajstić information content (AvgIpc) is 2.41. The highest BCUT2D eigenvalue weighted by Gasteiger charge is 2.42. The second kappa shape index (κ2) is 5.83. The van der Waals surface area contributed by atoms with E-state index in [0.717, 1.165) is 12.8 Å². The van der Waals surface area contributed by atoms with Crippen LogP contribution in [0.15, 0.2) is 24.3 Å². The number of hydrogen-bond donors (Lipinski definition) is 2. The van der Waals surface area contributed by atoms with E-state index in [1.54, 1.807) is 24.3 Å². The lowest BCUT2D eigenvalue weighted by atomic mass is 9.77. The predicted octanol–water partition coefficient (Wildman–Crippen LogP) is 3.10. The smallest absolute Gasteiger partial charge is 0.329 e. The van der Waals surface area contributed by atoms with Crippen molar-refractivity contribution in [3.05, 3.63) is 34.9 Å². The molecule has 5 heteroatoms. The summed E-state index contributed by atoms with van der Waals surface area (Å²) in [7, 11) is 0. The third-order valence-corrected chi connectivity index (χ3v) is 4.34. The largest absolute Gasteiger partial charge is 0.480 e. The zero-order valence-electron chi connectivity index (χ0n) is 11.4. The van der Waals surface area contributed by atoms with Gasteiger partial charge in [0, 0.05) is 0 Å². The molecule has 2 rings (SSSR count). The lowest BCUT2D eigenvalue weighted by Crippen LogP contribution is -2.56. The molecule has 0 unspecified atom stereocenters. The van der Waals surface area contributed by atoms with Crippen LogP contribution in [-0.4, -0.2) is 22.5 Å². The monoisotopic (exact) mass is 295 g/mol. The molecule has 0 radical (unpaired) electrons. The van der Waals surface area contributed by atoms with E-state index >= 15 is 0 Å². The second-order valence-electron chi connectivity index (χ2n) is 5.50. The number of hydrogen-bond acceptors (Lipinski definition) is 2. The molecule has 108 valence electrons. The van der Waals surface area contributed by atoms with Crippen LogP contribution in [0.2, 0.25) is 5.02 Å². The molecule has 1 aliphatic carbocycles. The molecule has 1 fully saturated rings. The molecule has 0 aromatic heterocycles. The minimum Gasteiger partial charge on any atom is -0.480 e. The Kier molecular flexibility index (Phi) is 4.33. The molecule has 0 heterocycles. The van der Waals surface area contributed by atoms with Gasteiger partial charge in [0.15, 0.2) is 0 Å². The Bertz CT molecular complexity index is 522. The van der Waals surface area contributed by atoms with Crippen LogP contribution in [0.25, 0.3) is 0 Å². The molecule has 20 heavy (non-hydrogen) atoms. The molecule has 0 spiro atoms. The van der Waals surface area contributed by atoms with E-state index in [9.17, 15) is 14.7 Å². The van der Waals surface area contributed by atoms with Crippen molar-refractivity contribution in [2.24, 2.45) is 5.92 Å². The number of carbonyl (C=O) groups excluding carboxylic acids is 1. The van der Waals surface area contributed by atoms with E-state index in [-0.39, 0.29) is 0 Å². The first-order valence-electron chi connectivity index (χ1n) is 6.75. The number of benzene rings is 1. The summed E-state index contributed by atoms with van der Waals surface area (Å²) in [5, 5.41) is 12.5. The number of amides is 1. The molecule has 0 saturated heterocycles. The van der Waals surface area contributed by atoms with E-state index in [0.29, 0.717) is 29.3 Å². The Hall–Kier alpha value is -1.55. The molecule has 1 saturated carbocycles. The van der Waals surface area contributed by atoms with Gasteiger partial charge in [-0.3, -0.25) is 4.79 Å². The minimum absolute atomic E-state index is 0.313. The van der Waals surface area contributed by atoms with Crippen molar-refractivity contribution >= 4 is 23.5 Å². The highest BCUT2D eigenvalue weighted by molar-refractivity contribution is 6.33. The molecular weight excluding hydrogens is 278 g/mol. The molecule has 4 nitrogen and oxygen atoms in total. The first-order valence-corrected chi connectivity index (χ1v) is 7.13. The third-order valence-electron chi connectivity index (χ3n) is 4.01. The summed E-state index contributed by atoms with van der Waals surface area (Å²) in [6.45, 7) is 2.10. The normalized spacial score (nSPS) is 26.0. The summed E-state index contributed by atoms with van der Waals surface area (Å²) >= 11 is 5.98. The maximum absolute atomic E-state index is 12.3. The molecule has 2 N–H and O–H groups in total. The van der Waals surface area contributed by atoms with Crippen LogP contribution in [0.5, 0.6) is 0 Å². The molecule has 1 aromatic rings. The number of carboxylic acids is 1. The van der Waals surface area contributed by atoms with Crippen molar-refractivity contribution < 1.29 is 14.7 Å². The van der Waals surface area contributed by atoms with Gasteiger partial charge in [-0.1, -0.05) is 30.7 Å². The second-order valence-corrected chi connectivity index (χ2v) is 5.91. The number of halogens is 1. The van der Waals surface area contributed by atoms with Crippen molar-refractivity contribution in [2.45, 2.75) is 38.1 Å². The van der Waals surface area contributed by atoms with Gasteiger partial charge in [0.05, 0.1) is 10.6 Å². The molecule has 1 aromatic carbocycles. The molecule has 0 bridgehead atoms. The fourth-order valence-corrected chi connectivity index (χ4v) is 2.80. The van der Waals surface area contributed by atoms with Crippen LogP contribution >= 0.6 is 11.6 Å². The highest BCUT2D eigenvalue weighted by Crippen LogP contribution is 2.32. The molecule has 0 atom stereocenters. The molecule has 1 aliphatic rings. The minimum atomic E-state index is -1.16. The maximum atomic E-state index is 12.3. The fraction of sp³-hybridized carbons (Fsp3) is 0.467. The first-order chi connectivity index (χ1) is 9.44. The van der Waals surface area contributed by atoms with Crippen LogP contribution in [-0.2, 0) is 4.79 Å². The Balaban J connectivity index is 2.19. The average molecular weight is 296 g/mol. The van der Waals surface area contributed by atoms with Gasteiger partial charge in [0.2, 0.25) is 0 Å². The summed E-state index contributed by atoms with van der Waals surface area (Å²) in [5.41, 5.74) is -0.851. The van der Waals surface area contributed by atoms with Crippen molar-refractivity contribution in [1.82, 2.24) is 5.32 Å². The van der Waals surface area contributed by atoms with Gasteiger partial charge in [-0.25, -0.2) is 4.79 Å². The zero-order valence-corrected chi connectivity index (χ0v) is 12.1. The van der Waals surface area contributed by atoms with Gasteiger partial charge in [0.1, 0.15) is 5.54 Å². The zero-order chi connectivity index (χ0) is 14.8. The number of carbonyl (C=O) groups is 2. The summed E-state index contributed by atoms with van der Waals surface area (Å²) < 4.78 is 0. The number of carboxylic acid groups (broad SMARTS) is 1. The summed E-state index contributed by atoms with van der Waals surface area (Å²) in [6.07, 6.45) is 2.52. The Morgan fingerprint density at radius 1 is 1.30 bits per heavy atom. The van der Waals surface area contributed by atoms with E-state index in [2.05, 4.69) is 12.2 Å².